The van der Waals surface area contributed by atoms with Crippen LogP contribution in [0.15, 0.2) is 41.1 Å². The fourth-order valence-electron chi connectivity index (χ4n) is 3.57. The first-order valence-electron chi connectivity index (χ1n) is 8.85. The molecule has 0 amide bonds. The Morgan fingerprint density at radius 1 is 1.21 bits per heavy atom. The Hall–Kier alpha value is -1.23. The predicted molar refractivity (Wildman–Crippen MR) is 99.9 cm³/mol. The van der Waals surface area contributed by atoms with Crippen LogP contribution in [0.2, 0.25) is 0 Å². The van der Waals surface area contributed by atoms with Crippen LogP contribution < -0.4 is 0 Å². The van der Waals surface area contributed by atoms with E-state index >= 15 is 0 Å². The monoisotopic (exact) mass is 346 g/mol. The topological polar surface area (TPSA) is 6.48 Å². The smallest absolute Gasteiger partial charge is 0.123 e. The molecule has 1 aromatic heterocycles. The first-order chi connectivity index (χ1) is 11.7. The summed E-state index contributed by atoms with van der Waals surface area (Å²) in [7, 11) is 2.23. The molecule has 1 aliphatic rings. The maximum Gasteiger partial charge on any atom is 0.123 e. The second-order valence-electron chi connectivity index (χ2n) is 6.99. The fourth-order valence-corrected chi connectivity index (χ4v) is 4.23. The van der Waals surface area contributed by atoms with E-state index in [0.717, 1.165) is 31.0 Å². The van der Waals surface area contributed by atoms with Crippen molar-refractivity contribution in [2.24, 2.45) is 5.92 Å². The van der Waals surface area contributed by atoms with Crippen molar-refractivity contribution in [3.63, 3.8) is 0 Å². The zero-order valence-corrected chi connectivity index (χ0v) is 15.3. The Balaban J connectivity index is 1.36. The molecule has 1 saturated heterocycles. The van der Waals surface area contributed by atoms with E-state index in [-0.39, 0.29) is 5.82 Å². The SMILES string of the molecule is CN(Cc1ccsc1)CC1CCN(CCc2cccc(F)c2)CC1. The van der Waals surface area contributed by atoms with E-state index in [4.69, 9.17) is 0 Å². The average Bonchev–Trinajstić information content (AvgIpc) is 3.07. The van der Waals surface area contributed by atoms with Crippen LogP contribution in [0.25, 0.3) is 0 Å². The summed E-state index contributed by atoms with van der Waals surface area (Å²) in [5.74, 6) is 0.680. The number of nitrogens with zero attached hydrogens (tertiary/aromatic N) is 2. The Morgan fingerprint density at radius 2 is 2.04 bits per heavy atom. The van der Waals surface area contributed by atoms with Crippen LogP contribution in [-0.4, -0.2) is 43.0 Å². The van der Waals surface area contributed by atoms with Gasteiger partial charge in [0.2, 0.25) is 0 Å². The number of likely N-dealkylation sites (tertiary alicyclic amines) is 1. The van der Waals surface area contributed by atoms with Gasteiger partial charge in [0.05, 0.1) is 0 Å². The average molecular weight is 347 g/mol. The summed E-state index contributed by atoms with van der Waals surface area (Å²) in [6.07, 6.45) is 3.49. The molecule has 0 atom stereocenters. The lowest BCUT2D eigenvalue weighted by Crippen LogP contribution is -2.38. The van der Waals surface area contributed by atoms with E-state index in [1.807, 2.05) is 6.07 Å². The predicted octanol–water partition coefficient (Wildman–Crippen LogP) is 4.27. The standard InChI is InChI=1S/C20H27FN2S/c1-22(15-19-8-12-24-16-19)14-18-6-10-23(11-7-18)9-5-17-3-2-4-20(21)13-17/h2-4,8,12-13,16,18H,5-7,9-11,14-15H2,1H3. The molecule has 0 N–H and O–H groups in total. The second-order valence-corrected chi connectivity index (χ2v) is 7.77. The summed E-state index contributed by atoms with van der Waals surface area (Å²) < 4.78 is 13.2. The van der Waals surface area contributed by atoms with Gasteiger partial charge in [0.25, 0.3) is 0 Å². The van der Waals surface area contributed by atoms with Crippen molar-refractivity contribution in [1.29, 1.82) is 0 Å². The van der Waals surface area contributed by atoms with Crippen molar-refractivity contribution in [2.75, 3.05) is 33.2 Å². The van der Waals surface area contributed by atoms with Gasteiger partial charge in [0, 0.05) is 19.6 Å². The molecule has 3 rings (SSSR count). The van der Waals surface area contributed by atoms with Crippen LogP contribution >= 0.6 is 11.3 Å². The summed E-state index contributed by atoms with van der Waals surface area (Å²) in [5.41, 5.74) is 2.53. The Labute approximate surface area is 148 Å². The molecule has 2 aromatic rings. The summed E-state index contributed by atoms with van der Waals surface area (Å²) in [4.78, 5) is 4.98. The van der Waals surface area contributed by atoms with Crippen LogP contribution in [0.1, 0.15) is 24.0 Å². The Morgan fingerprint density at radius 3 is 2.75 bits per heavy atom. The van der Waals surface area contributed by atoms with Gasteiger partial charge >= 0.3 is 0 Å². The van der Waals surface area contributed by atoms with Crippen LogP contribution in [0.4, 0.5) is 4.39 Å². The molecule has 4 heteroatoms. The van der Waals surface area contributed by atoms with Gasteiger partial charge in [-0.15, -0.1) is 0 Å². The van der Waals surface area contributed by atoms with Crippen molar-refractivity contribution in [2.45, 2.75) is 25.8 Å². The van der Waals surface area contributed by atoms with Gasteiger partial charge in [-0.05, 0) is 85.4 Å². The highest BCUT2D eigenvalue weighted by molar-refractivity contribution is 7.07. The maximum atomic E-state index is 13.2. The van der Waals surface area contributed by atoms with Gasteiger partial charge in [-0.3, -0.25) is 0 Å². The molecule has 1 aromatic carbocycles. The first-order valence-corrected chi connectivity index (χ1v) is 9.80. The molecule has 1 aliphatic heterocycles. The largest absolute Gasteiger partial charge is 0.303 e. The Bertz CT molecular complexity index is 606. The Kier molecular flexibility index (Phi) is 6.41. The fraction of sp³-hybridized carbons (Fsp3) is 0.500. The summed E-state index contributed by atoms with van der Waals surface area (Å²) >= 11 is 1.78. The number of benzene rings is 1. The number of halogens is 1. The minimum Gasteiger partial charge on any atom is -0.303 e. The highest BCUT2D eigenvalue weighted by Gasteiger charge is 2.20. The molecule has 2 heterocycles. The van der Waals surface area contributed by atoms with Crippen molar-refractivity contribution < 1.29 is 4.39 Å². The lowest BCUT2D eigenvalue weighted by Gasteiger charge is -2.34. The molecule has 24 heavy (non-hydrogen) atoms. The lowest BCUT2D eigenvalue weighted by atomic mass is 9.96. The molecular weight excluding hydrogens is 319 g/mol. The van der Waals surface area contributed by atoms with E-state index in [2.05, 4.69) is 33.7 Å². The number of piperidine rings is 1. The van der Waals surface area contributed by atoms with E-state index in [1.165, 1.54) is 44.1 Å². The van der Waals surface area contributed by atoms with Crippen molar-refractivity contribution >= 4 is 11.3 Å². The number of rotatable bonds is 7. The zero-order chi connectivity index (χ0) is 16.8. The molecule has 0 saturated carbocycles. The molecule has 0 aliphatic carbocycles. The van der Waals surface area contributed by atoms with E-state index in [0.29, 0.717) is 0 Å². The molecular formula is C20H27FN2S. The minimum absolute atomic E-state index is 0.125. The maximum absolute atomic E-state index is 13.2. The van der Waals surface area contributed by atoms with Gasteiger partial charge in [0.1, 0.15) is 5.82 Å². The first kappa shape index (κ1) is 17.6. The van der Waals surface area contributed by atoms with Gasteiger partial charge < -0.3 is 9.80 Å². The molecule has 1 fully saturated rings. The summed E-state index contributed by atoms with van der Waals surface area (Å²) in [6.45, 7) is 5.64. The van der Waals surface area contributed by atoms with Crippen LogP contribution in [-0.2, 0) is 13.0 Å². The number of hydrogen-bond donors (Lipinski definition) is 0. The lowest BCUT2D eigenvalue weighted by molar-refractivity contribution is 0.153. The number of hydrogen-bond acceptors (Lipinski definition) is 3. The van der Waals surface area contributed by atoms with Gasteiger partial charge in [-0.2, -0.15) is 11.3 Å². The highest BCUT2D eigenvalue weighted by atomic mass is 32.1. The van der Waals surface area contributed by atoms with Crippen LogP contribution in [0.3, 0.4) is 0 Å². The normalized spacial score (nSPS) is 16.8. The third-order valence-corrected chi connectivity index (χ3v) is 5.65. The van der Waals surface area contributed by atoms with E-state index in [9.17, 15) is 4.39 Å². The third kappa shape index (κ3) is 5.40. The summed E-state index contributed by atoms with van der Waals surface area (Å²) in [6, 6.07) is 9.22. The second kappa shape index (κ2) is 8.75. The molecule has 0 unspecified atom stereocenters. The molecule has 0 spiro atoms. The highest BCUT2D eigenvalue weighted by Crippen LogP contribution is 2.19. The molecule has 0 bridgehead atoms. The van der Waals surface area contributed by atoms with E-state index < -0.39 is 0 Å². The molecule has 0 radical (unpaired) electrons. The van der Waals surface area contributed by atoms with Gasteiger partial charge in [-0.1, -0.05) is 12.1 Å². The quantitative estimate of drug-likeness (QED) is 0.738. The van der Waals surface area contributed by atoms with Crippen molar-refractivity contribution in [3.05, 3.63) is 58.0 Å². The van der Waals surface area contributed by atoms with E-state index in [1.54, 1.807) is 23.5 Å². The van der Waals surface area contributed by atoms with Crippen LogP contribution in [0.5, 0.6) is 0 Å². The minimum atomic E-state index is -0.125. The molecule has 2 nitrogen and oxygen atoms in total. The van der Waals surface area contributed by atoms with Gasteiger partial charge in [-0.25, -0.2) is 4.39 Å². The van der Waals surface area contributed by atoms with Crippen LogP contribution in [0, 0.1) is 11.7 Å². The van der Waals surface area contributed by atoms with Crippen molar-refractivity contribution in [3.8, 4) is 0 Å². The number of thiophene rings is 1. The van der Waals surface area contributed by atoms with Crippen molar-refractivity contribution in [1.82, 2.24) is 9.80 Å². The zero-order valence-electron chi connectivity index (χ0n) is 14.5. The third-order valence-electron chi connectivity index (χ3n) is 4.92. The molecule has 130 valence electrons. The van der Waals surface area contributed by atoms with Gasteiger partial charge in [0.15, 0.2) is 0 Å². The summed E-state index contributed by atoms with van der Waals surface area (Å²) in [5, 5.41) is 4.39.